The van der Waals surface area contributed by atoms with Gasteiger partial charge < -0.3 is 15.0 Å². The average Bonchev–Trinajstić information content (AvgIpc) is 2.85. The number of para-hydroxylation sites is 1. The molecule has 0 fully saturated rings. The molecule has 0 aliphatic heterocycles. The highest BCUT2D eigenvalue weighted by Crippen LogP contribution is 2.19. The lowest BCUT2D eigenvalue weighted by molar-refractivity contribution is -0.138. The number of H-pyrrole nitrogens is 1. The molecular formula is C14H17N3O2S2. The van der Waals surface area contributed by atoms with Crippen LogP contribution in [0.25, 0.3) is 10.9 Å². The van der Waals surface area contributed by atoms with Crippen molar-refractivity contribution in [1.29, 1.82) is 0 Å². The lowest BCUT2D eigenvalue weighted by Gasteiger charge is -2.17. The van der Waals surface area contributed by atoms with Gasteiger partial charge in [-0.3, -0.25) is 4.79 Å². The zero-order valence-corrected chi connectivity index (χ0v) is 13.4. The van der Waals surface area contributed by atoms with Crippen LogP contribution in [0.5, 0.6) is 0 Å². The van der Waals surface area contributed by atoms with Gasteiger partial charge in [0.1, 0.15) is 6.04 Å². The monoisotopic (exact) mass is 323 g/mol. The lowest BCUT2D eigenvalue weighted by atomic mass is 10.1. The van der Waals surface area contributed by atoms with Crippen LogP contribution < -0.4 is 4.72 Å². The number of carbonyl (C=O) groups is 1. The maximum atomic E-state index is 11.4. The topological polar surface area (TPSA) is 68.4 Å². The van der Waals surface area contributed by atoms with Crippen molar-refractivity contribution in [3.63, 3.8) is 0 Å². The maximum absolute atomic E-state index is 11.4. The molecule has 0 radical (unpaired) electrons. The van der Waals surface area contributed by atoms with Crippen LogP contribution in [-0.4, -0.2) is 45.4 Å². The smallest absolute Gasteiger partial charge is 0.321 e. The Hall–Kier alpha value is -1.57. The van der Waals surface area contributed by atoms with Crippen LogP contribution in [0.15, 0.2) is 30.5 Å². The fourth-order valence-corrected chi connectivity index (χ4v) is 2.67. The number of hydrogen-bond donors (Lipinski definition) is 3. The lowest BCUT2D eigenvalue weighted by Crippen LogP contribution is -2.36. The Morgan fingerprint density at radius 3 is 2.86 bits per heavy atom. The summed E-state index contributed by atoms with van der Waals surface area (Å²) in [6.07, 6.45) is 2.25. The summed E-state index contributed by atoms with van der Waals surface area (Å²) in [6.45, 7) is 0. The van der Waals surface area contributed by atoms with Crippen LogP contribution in [0.1, 0.15) is 5.56 Å². The van der Waals surface area contributed by atoms with Crippen LogP contribution in [0, 0.1) is 0 Å². The predicted octanol–water partition coefficient (Wildman–Crippen LogP) is 2.25. The molecule has 1 atom stereocenters. The second-order valence-corrected chi connectivity index (χ2v) is 6.31. The van der Waals surface area contributed by atoms with Crippen LogP contribution in [0.2, 0.25) is 0 Å². The molecule has 1 unspecified atom stereocenters. The number of carboxylic acid groups (broad SMARTS) is 1. The molecule has 3 N–H and O–H groups in total. The van der Waals surface area contributed by atoms with Gasteiger partial charge in [-0.2, -0.15) is 0 Å². The first-order chi connectivity index (χ1) is 9.99. The number of hydrogen-bond acceptors (Lipinski definition) is 4. The number of aromatic amines is 1. The SMILES string of the molecule is CN(C)C(=S)SNC(Cc1c[nH]c2ccccc12)C(=O)O. The number of nitrogens with one attached hydrogen (secondary N) is 2. The summed E-state index contributed by atoms with van der Waals surface area (Å²) in [4.78, 5) is 16.3. The van der Waals surface area contributed by atoms with Crippen molar-refractivity contribution in [1.82, 2.24) is 14.6 Å². The first kappa shape index (κ1) is 15.8. The fraction of sp³-hybridized carbons (Fsp3) is 0.286. The van der Waals surface area contributed by atoms with Gasteiger partial charge in [0.05, 0.1) is 0 Å². The second kappa shape index (κ2) is 6.93. The fourth-order valence-electron chi connectivity index (χ4n) is 1.91. The van der Waals surface area contributed by atoms with E-state index in [1.165, 1.54) is 0 Å². The molecule has 0 aliphatic rings. The van der Waals surface area contributed by atoms with Crippen LogP contribution in [0.3, 0.4) is 0 Å². The number of nitrogens with zero attached hydrogens (tertiary/aromatic N) is 1. The average molecular weight is 323 g/mol. The molecular weight excluding hydrogens is 306 g/mol. The Bertz CT molecular complexity index is 654. The largest absolute Gasteiger partial charge is 0.480 e. The van der Waals surface area contributed by atoms with Crippen molar-refractivity contribution in [2.75, 3.05) is 14.1 Å². The Balaban J connectivity index is 2.09. The Morgan fingerprint density at radius 1 is 1.48 bits per heavy atom. The quantitative estimate of drug-likeness (QED) is 0.579. The number of fused-ring (bicyclic) bond motifs is 1. The number of carboxylic acids is 1. The second-order valence-electron chi connectivity index (χ2n) is 4.83. The first-order valence-electron chi connectivity index (χ1n) is 6.40. The van der Waals surface area contributed by atoms with Gasteiger partial charge in [0.25, 0.3) is 0 Å². The molecule has 2 aromatic rings. The predicted molar refractivity (Wildman–Crippen MR) is 90.4 cm³/mol. The molecule has 112 valence electrons. The highest BCUT2D eigenvalue weighted by Gasteiger charge is 2.20. The number of rotatable bonds is 5. The van der Waals surface area contributed by atoms with Gasteiger partial charge in [-0.25, -0.2) is 4.72 Å². The van der Waals surface area contributed by atoms with Gasteiger partial charge in [0, 0.05) is 37.6 Å². The van der Waals surface area contributed by atoms with Crippen molar-refractivity contribution in [3.8, 4) is 0 Å². The summed E-state index contributed by atoms with van der Waals surface area (Å²) in [5.74, 6) is -0.894. The van der Waals surface area contributed by atoms with Gasteiger partial charge in [-0.15, -0.1) is 0 Å². The Kier molecular flexibility index (Phi) is 5.22. The molecule has 1 heterocycles. The summed E-state index contributed by atoms with van der Waals surface area (Å²) in [7, 11) is 3.65. The number of thiocarbonyl (C=S) groups is 1. The molecule has 0 saturated heterocycles. The van der Waals surface area contributed by atoms with E-state index in [4.69, 9.17) is 12.2 Å². The maximum Gasteiger partial charge on any atom is 0.321 e. The molecule has 5 nitrogen and oxygen atoms in total. The first-order valence-corrected chi connectivity index (χ1v) is 7.63. The highest BCUT2D eigenvalue weighted by molar-refractivity contribution is 8.21. The summed E-state index contributed by atoms with van der Waals surface area (Å²) in [5.41, 5.74) is 1.98. The number of benzene rings is 1. The summed E-state index contributed by atoms with van der Waals surface area (Å²) in [6, 6.07) is 7.14. The van der Waals surface area contributed by atoms with E-state index in [9.17, 15) is 9.90 Å². The minimum Gasteiger partial charge on any atom is -0.480 e. The standard InChI is InChI=1S/C14H17N3O2S2/c1-17(2)14(20)21-16-12(13(18)19)7-9-8-15-11-6-4-3-5-10(9)11/h3-6,8,12,15-16H,7H2,1-2H3,(H,18,19). The normalized spacial score (nSPS) is 12.3. The molecule has 0 amide bonds. The third kappa shape index (κ3) is 3.96. The van der Waals surface area contributed by atoms with Crippen LogP contribution in [0.4, 0.5) is 0 Å². The molecule has 0 saturated carbocycles. The number of aromatic nitrogens is 1. The zero-order chi connectivity index (χ0) is 15.4. The van der Waals surface area contributed by atoms with E-state index in [0.29, 0.717) is 10.7 Å². The van der Waals surface area contributed by atoms with E-state index >= 15 is 0 Å². The van der Waals surface area contributed by atoms with Crippen molar-refractivity contribution < 1.29 is 9.90 Å². The van der Waals surface area contributed by atoms with Gasteiger partial charge >= 0.3 is 5.97 Å². The van der Waals surface area contributed by atoms with Gasteiger partial charge in [-0.1, -0.05) is 30.4 Å². The minimum atomic E-state index is -0.894. The number of aliphatic carboxylic acids is 1. The van der Waals surface area contributed by atoms with Gasteiger partial charge in [-0.05, 0) is 23.6 Å². The molecule has 1 aromatic heterocycles. The van der Waals surface area contributed by atoms with Gasteiger partial charge in [0.15, 0.2) is 4.32 Å². The Morgan fingerprint density at radius 2 is 2.19 bits per heavy atom. The molecule has 0 bridgehead atoms. The summed E-state index contributed by atoms with van der Waals surface area (Å²) < 4.78 is 3.52. The molecule has 0 aliphatic carbocycles. The minimum absolute atomic E-state index is 0.391. The molecule has 1 aromatic carbocycles. The third-order valence-corrected chi connectivity index (χ3v) is 4.61. The van der Waals surface area contributed by atoms with Crippen molar-refractivity contribution in [2.45, 2.75) is 12.5 Å². The summed E-state index contributed by atoms with van der Waals surface area (Å²) >= 11 is 6.30. The van der Waals surface area contributed by atoms with Crippen molar-refractivity contribution >= 4 is 45.4 Å². The van der Waals surface area contributed by atoms with E-state index < -0.39 is 12.0 Å². The van der Waals surface area contributed by atoms with Crippen LogP contribution in [-0.2, 0) is 11.2 Å². The van der Waals surface area contributed by atoms with E-state index in [2.05, 4.69) is 9.71 Å². The Labute approximate surface area is 132 Å². The molecule has 2 rings (SSSR count). The van der Waals surface area contributed by atoms with Crippen LogP contribution >= 0.6 is 24.2 Å². The van der Waals surface area contributed by atoms with E-state index in [-0.39, 0.29) is 0 Å². The molecule has 21 heavy (non-hydrogen) atoms. The molecule has 0 spiro atoms. The van der Waals surface area contributed by atoms with E-state index in [0.717, 1.165) is 28.4 Å². The molecule has 7 heteroatoms. The highest BCUT2D eigenvalue weighted by atomic mass is 32.2. The van der Waals surface area contributed by atoms with E-state index in [1.54, 1.807) is 4.90 Å². The van der Waals surface area contributed by atoms with E-state index in [1.807, 2.05) is 44.6 Å². The zero-order valence-electron chi connectivity index (χ0n) is 11.8. The third-order valence-electron chi connectivity index (χ3n) is 3.05. The van der Waals surface area contributed by atoms with Crippen molar-refractivity contribution in [3.05, 3.63) is 36.0 Å². The van der Waals surface area contributed by atoms with Gasteiger partial charge in [0.2, 0.25) is 0 Å². The summed E-state index contributed by atoms with van der Waals surface area (Å²) in [5, 5.41) is 10.4. The van der Waals surface area contributed by atoms with Crippen molar-refractivity contribution in [2.24, 2.45) is 0 Å².